The maximum absolute atomic E-state index is 9.18. The Hall–Kier alpha value is -2.18. The van der Waals surface area contributed by atoms with Crippen LogP contribution in [0.1, 0.15) is 23.7 Å². The molecular weight excluding hydrogens is 274 g/mol. The van der Waals surface area contributed by atoms with E-state index in [2.05, 4.69) is 6.07 Å². The second kappa shape index (κ2) is 5.44. The summed E-state index contributed by atoms with van der Waals surface area (Å²) < 4.78 is 11.6. The number of ether oxygens (including phenoxy) is 2. The average molecular weight is 286 g/mol. The molecule has 2 aromatic rings. The molecule has 1 aliphatic heterocycles. The molecule has 3 nitrogen and oxygen atoms in total. The maximum Gasteiger partial charge on any atom is 0.139 e. The van der Waals surface area contributed by atoms with E-state index in [0.717, 1.165) is 17.7 Å². The van der Waals surface area contributed by atoms with Crippen molar-refractivity contribution in [3.8, 4) is 17.6 Å². The van der Waals surface area contributed by atoms with Gasteiger partial charge in [0, 0.05) is 12.0 Å². The molecule has 100 valence electrons. The van der Waals surface area contributed by atoms with Crippen LogP contribution < -0.4 is 9.47 Å². The molecule has 0 radical (unpaired) electrons. The molecule has 4 heteroatoms. The lowest BCUT2D eigenvalue weighted by Crippen LogP contribution is -2.18. The van der Waals surface area contributed by atoms with Crippen LogP contribution >= 0.6 is 11.6 Å². The number of benzene rings is 2. The van der Waals surface area contributed by atoms with E-state index in [1.807, 2.05) is 24.3 Å². The molecule has 0 unspecified atom stereocenters. The van der Waals surface area contributed by atoms with Crippen LogP contribution in [0.25, 0.3) is 0 Å². The van der Waals surface area contributed by atoms with E-state index >= 15 is 0 Å². The minimum atomic E-state index is -0.120. The Bertz CT molecular complexity index is 678. The van der Waals surface area contributed by atoms with Crippen LogP contribution in [0.2, 0.25) is 5.02 Å². The summed E-state index contributed by atoms with van der Waals surface area (Å²) in [6.45, 7) is 0.601. The van der Waals surface area contributed by atoms with Crippen molar-refractivity contribution in [3.63, 3.8) is 0 Å². The van der Waals surface area contributed by atoms with E-state index < -0.39 is 0 Å². The highest BCUT2D eigenvalue weighted by Crippen LogP contribution is 2.37. The third-order valence-corrected chi connectivity index (χ3v) is 3.57. The standard InChI is InChI=1S/C16H12ClNO2/c17-13-5-3-7-15(12(13)10-18)20-16-8-9-19-14-6-2-1-4-11(14)16/h1-7,16H,8-9H2/t16-/m1/s1. The summed E-state index contributed by atoms with van der Waals surface area (Å²) in [7, 11) is 0. The van der Waals surface area contributed by atoms with Gasteiger partial charge in [0.25, 0.3) is 0 Å². The van der Waals surface area contributed by atoms with E-state index in [0.29, 0.717) is 22.9 Å². The summed E-state index contributed by atoms with van der Waals surface area (Å²) >= 11 is 6.02. The van der Waals surface area contributed by atoms with Crippen molar-refractivity contribution in [1.29, 1.82) is 5.26 Å². The molecule has 1 atom stereocenters. The summed E-state index contributed by atoms with van der Waals surface area (Å²) in [5.74, 6) is 1.35. The monoisotopic (exact) mass is 285 g/mol. The van der Waals surface area contributed by atoms with Crippen molar-refractivity contribution < 1.29 is 9.47 Å². The number of rotatable bonds is 2. The molecule has 20 heavy (non-hydrogen) atoms. The Kier molecular flexibility index (Phi) is 3.49. The Morgan fingerprint density at radius 2 is 2.05 bits per heavy atom. The summed E-state index contributed by atoms with van der Waals surface area (Å²) in [5.41, 5.74) is 1.38. The SMILES string of the molecule is N#Cc1c(Cl)cccc1O[C@@H]1CCOc2ccccc21. The molecule has 2 aromatic carbocycles. The number of fused-ring (bicyclic) bond motifs is 1. The highest BCUT2D eigenvalue weighted by Gasteiger charge is 2.23. The molecule has 1 heterocycles. The molecule has 0 spiro atoms. The number of hydrogen-bond acceptors (Lipinski definition) is 3. The second-order valence-electron chi connectivity index (χ2n) is 4.51. The number of hydrogen-bond donors (Lipinski definition) is 0. The first-order chi connectivity index (χ1) is 9.79. The summed E-state index contributed by atoms with van der Waals surface area (Å²) in [6, 6.07) is 15.1. The van der Waals surface area contributed by atoms with Crippen LogP contribution in [0.4, 0.5) is 0 Å². The van der Waals surface area contributed by atoms with E-state index in [-0.39, 0.29) is 6.10 Å². The first-order valence-electron chi connectivity index (χ1n) is 6.36. The largest absolute Gasteiger partial charge is 0.493 e. The number of halogens is 1. The van der Waals surface area contributed by atoms with Crippen LogP contribution in [0.15, 0.2) is 42.5 Å². The fourth-order valence-electron chi connectivity index (χ4n) is 2.30. The molecule has 0 bridgehead atoms. The quantitative estimate of drug-likeness (QED) is 0.834. The molecule has 0 saturated heterocycles. The first-order valence-corrected chi connectivity index (χ1v) is 6.74. The molecular formula is C16H12ClNO2. The van der Waals surface area contributed by atoms with Gasteiger partial charge < -0.3 is 9.47 Å². The lowest BCUT2D eigenvalue weighted by atomic mass is 10.0. The van der Waals surface area contributed by atoms with Gasteiger partial charge in [-0.05, 0) is 18.2 Å². The van der Waals surface area contributed by atoms with Gasteiger partial charge in [0.1, 0.15) is 29.2 Å². The van der Waals surface area contributed by atoms with Crippen molar-refractivity contribution in [2.24, 2.45) is 0 Å². The zero-order valence-corrected chi connectivity index (χ0v) is 11.4. The van der Waals surface area contributed by atoms with Gasteiger partial charge in [0.15, 0.2) is 0 Å². The minimum Gasteiger partial charge on any atom is -0.493 e. The predicted octanol–water partition coefficient (Wildman–Crippen LogP) is 4.11. The summed E-state index contributed by atoms with van der Waals surface area (Å²) in [4.78, 5) is 0. The Morgan fingerprint density at radius 3 is 2.90 bits per heavy atom. The van der Waals surface area contributed by atoms with E-state index in [4.69, 9.17) is 21.1 Å². The Balaban J connectivity index is 1.94. The van der Waals surface area contributed by atoms with Crippen molar-refractivity contribution in [1.82, 2.24) is 0 Å². The van der Waals surface area contributed by atoms with Gasteiger partial charge in [-0.25, -0.2) is 0 Å². The predicted molar refractivity (Wildman–Crippen MR) is 76.1 cm³/mol. The van der Waals surface area contributed by atoms with Crippen LogP contribution in [0.5, 0.6) is 11.5 Å². The van der Waals surface area contributed by atoms with Crippen molar-refractivity contribution in [2.75, 3.05) is 6.61 Å². The van der Waals surface area contributed by atoms with Gasteiger partial charge in [-0.3, -0.25) is 0 Å². The smallest absolute Gasteiger partial charge is 0.139 e. The molecule has 0 amide bonds. The third kappa shape index (κ3) is 2.31. The lowest BCUT2D eigenvalue weighted by molar-refractivity contribution is 0.136. The lowest BCUT2D eigenvalue weighted by Gasteiger charge is -2.26. The Labute approximate surface area is 122 Å². The van der Waals surface area contributed by atoms with Crippen LogP contribution in [0, 0.1) is 11.3 Å². The van der Waals surface area contributed by atoms with Crippen molar-refractivity contribution in [2.45, 2.75) is 12.5 Å². The maximum atomic E-state index is 9.18. The van der Waals surface area contributed by atoms with E-state index in [1.54, 1.807) is 18.2 Å². The third-order valence-electron chi connectivity index (χ3n) is 3.26. The highest BCUT2D eigenvalue weighted by molar-refractivity contribution is 6.31. The topological polar surface area (TPSA) is 42.2 Å². The molecule has 0 fully saturated rings. The molecule has 3 rings (SSSR count). The van der Waals surface area contributed by atoms with E-state index in [9.17, 15) is 5.26 Å². The van der Waals surface area contributed by atoms with Crippen LogP contribution in [-0.4, -0.2) is 6.61 Å². The van der Waals surface area contributed by atoms with Gasteiger partial charge in [-0.2, -0.15) is 5.26 Å². The highest BCUT2D eigenvalue weighted by atomic mass is 35.5. The zero-order chi connectivity index (χ0) is 13.9. The number of nitriles is 1. The van der Waals surface area contributed by atoms with Gasteiger partial charge >= 0.3 is 0 Å². The van der Waals surface area contributed by atoms with Crippen molar-refractivity contribution in [3.05, 3.63) is 58.6 Å². The van der Waals surface area contributed by atoms with Gasteiger partial charge in [-0.15, -0.1) is 0 Å². The Morgan fingerprint density at radius 1 is 1.20 bits per heavy atom. The zero-order valence-electron chi connectivity index (χ0n) is 10.7. The number of nitrogens with zero attached hydrogens (tertiary/aromatic N) is 1. The fraction of sp³-hybridized carbons (Fsp3) is 0.188. The van der Waals surface area contributed by atoms with Crippen LogP contribution in [0.3, 0.4) is 0 Å². The normalized spacial score (nSPS) is 16.7. The van der Waals surface area contributed by atoms with Gasteiger partial charge in [-0.1, -0.05) is 35.9 Å². The number of para-hydroxylation sites is 1. The average Bonchev–Trinajstić information content (AvgIpc) is 2.48. The van der Waals surface area contributed by atoms with E-state index in [1.165, 1.54) is 0 Å². The second-order valence-corrected chi connectivity index (χ2v) is 4.91. The summed E-state index contributed by atoms with van der Waals surface area (Å²) in [5, 5.41) is 9.59. The first kappa shape index (κ1) is 12.8. The fourth-order valence-corrected chi connectivity index (χ4v) is 2.50. The molecule has 0 aromatic heterocycles. The molecule has 0 N–H and O–H groups in total. The molecule has 1 aliphatic rings. The van der Waals surface area contributed by atoms with Gasteiger partial charge in [0.05, 0.1) is 11.6 Å². The van der Waals surface area contributed by atoms with Crippen molar-refractivity contribution >= 4 is 11.6 Å². The van der Waals surface area contributed by atoms with Crippen LogP contribution in [-0.2, 0) is 0 Å². The summed E-state index contributed by atoms with van der Waals surface area (Å²) in [6.07, 6.45) is 0.625. The van der Waals surface area contributed by atoms with Gasteiger partial charge in [0.2, 0.25) is 0 Å². The molecule has 0 aliphatic carbocycles. The minimum absolute atomic E-state index is 0.120. The molecule has 0 saturated carbocycles.